The predicted molar refractivity (Wildman–Crippen MR) is 126 cm³/mol. The van der Waals surface area contributed by atoms with Crippen LogP contribution in [-0.2, 0) is 24.4 Å². The van der Waals surface area contributed by atoms with Gasteiger partial charge in [0.15, 0.2) is 0 Å². The molecule has 1 spiro atoms. The maximum absolute atomic E-state index is 13.0. The first-order valence-electron chi connectivity index (χ1n) is 11.1. The highest BCUT2D eigenvalue weighted by Crippen LogP contribution is 2.53. The van der Waals surface area contributed by atoms with Gasteiger partial charge in [0.1, 0.15) is 22.9 Å². The van der Waals surface area contributed by atoms with Gasteiger partial charge in [0.2, 0.25) is 0 Å². The fourth-order valence-electron chi connectivity index (χ4n) is 4.71. The number of nitrogens with one attached hydrogen (secondary N) is 2. The van der Waals surface area contributed by atoms with Crippen LogP contribution in [-0.4, -0.2) is 29.5 Å². The molecule has 2 aromatic rings. The van der Waals surface area contributed by atoms with Crippen molar-refractivity contribution >= 4 is 11.4 Å². The zero-order chi connectivity index (χ0) is 22.1. The van der Waals surface area contributed by atoms with Crippen LogP contribution in [0.4, 0.5) is 0 Å². The maximum atomic E-state index is 13.0. The summed E-state index contributed by atoms with van der Waals surface area (Å²) < 4.78 is 27.8. The lowest BCUT2D eigenvalue weighted by atomic mass is 9.73. The second kappa shape index (κ2) is 9.02. The molecular weight excluding hydrogens is 408 g/mol. The van der Waals surface area contributed by atoms with Crippen molar-refractivity contribution in [1.82, 2.24) is 10.0 Å². The number of methoxy groups -OCH3 is 1. The molecule has 1 aliphatic heterocycles. The third-order valence-corrected chi connectivity index (χ3v) is 8.12. The van der Waals surface area contributed by atoms with Gasteiger partial charge in [-0.2, -0.15) is 0 Å². The molecule has 0 radical (unpaired) electrons. The summed E-state index contributed by atoms with van der Waals surface area (Å²) in [5, 5.41) is 3.49. The summed E-state index contributed by atoms with van der Waals surface area (Å²) in [6.07, 6.45) is 3.10. The van der Waals surface area contributed by atoms with Gasteiger partial charge in [0.05, 0.1) is 13.2 Å². The number of hydrogen-bond acceptors (Lipinski definition) is 5. The van der Waals surface area contributed by atoms with Crippen molar-refractivity contribution in [2.24, 2.45) is 5.41 Å². The van der Waals surface area contributed by atoms with Crippen molar-refractivity contribution < 1.29 is 14.0 Å². The average Bonchev–Trinajstić information content (AvgIpc) is 3.05. The fraction of sp³-hybridized carbons (Fsp3) is 0.520. The molecule has 2 aromatic carbocycles. The molecule has 1 unspecified atom stereocenters. The minimum Gasteiger partial charge on any atom is -0.598 e. The van der Waals surface area contributed by atoms with Crippen molar-refractivity contribution in [2.45, 2.75) is 57.4 Å². The summed E-state index contributed by atoms with van der Waals surface area (Å²) >= 11 is -1.13. The summed E-state index contributed by atoms with van der Waals surface area (Å²) in [6, 6.07) is 14.4. The van der Waals surface area contributed by atoms with E-state index >= 15 is 0 Å². The van der Waals surface area contributed by atoms with E-state index in [4.69, 9.17) is 9.47 Å². The largest absolute Gasteiger partial charge is 0.598 e. The minimum absolute atomic E-state index is 0.0775. The average molecular weight is 443 g/mol. The van der Waals surface area contributed by atoms with Crippen LogP contribution in [0, 0.1) is 5.41 Å². The van der Waals surface area contributed by atoms with Crippen LogP contribution in [0.2, 0.25) is 0 Å². The van der Waals surface area contributed by atoms with E-state index in [2.05, 4.69) is 28.2 Å². The number of benzene rings is 2. The standard InChI is InChI=1S/C25H34N2O3S/c1-24(2,3)31(28)27-23-20-6-5-7-22(21(20)16-25(23)12-14-26-15-13-25)30-17-18-8-10-19(29-4)11-9-18/h5-11,23,26-27H,12-17H2,1-4H3/t23-,31?/m1/s1. The monoisotopic (exact) mass is 442 g/mol. The van der Waals surface area contributed by atoms with Gasteiger partial charge < -0.3 is 19.3 Å². The lowest BCUT2D eigenvalue weighted by molar-refractivity contribution is 0.162. The maximum Gasteiger partial charge on any atom is 0.136 e. The fourth-order valence-corrected chi connectivity index (χ4v) is 5.65. The second-order valence-corrected chi connectivity index (χ2v) is 11.7. The molecule has 1 heterocycles. The quantitative estimate of drug-likeness (QED) is 0.653. The number of rotatable bonds is 6. The lowest BCUT2D eigenvalue weighted by Crippen LogP contribution is -2.48. The molecular formula is C25H34N2O3S. The zero-order valence-corrected chi connectivity index (χ0v) is 19.8. The molecule has 0 saturated carbocycles. The molecule has 0 aromatic heterocycles. The van der Waals surface area contributed by atoms with Crippen molar-refractivity contribution in [3.05, 3.63) is 59.2 Å². The van der Waals surface area contributed by atoms with Gasteiger partial charge >= 0.3 is 0 Å². The number of piperidine rings is 1. The van der Waals surface area contributed by atoms with Gasteiger partial charge in [0.25, 0.3) is 0 Å². The number of fused-ring (bicyclic) bond motifs is 1. The Morgan fingerprint density at radius 1 is 1.13 bits per heavy atom. The van der Waals surface area contributed by atoms with E-state index in [0.717, 1.165) is 49.4 Å². The van der Waals surface area contributed by atoms with Gasteiger partial charge in [-0.3, -0.25) is 0 Å². The van der Waals surface area contributed by atoms with Crippen molar-refractivity contribution in [1.29, 1.82) is 0 Å². The van der Waals surface area contributed by atoms with Crippen LogP contribution in [0.25, 0.3) is 0 Å². The van der Waals surface area contributed by atoms with E-state index in [9.17, 15) is 4.55 Å². The Balaban J connectivity index is 1.59. The van der Waals surface area contributed by atoms with Crippen LogP contribution in [0.1, 0.15) is 56.3 Å². The topological polar surface area (TPSA) is 65.6 Å². The molecule has 6 heteroatoms. The zero-order valence-electron chi connectivity index (χ0n) is 19.0. The van der Waals surface area contributed by atoms with Crippen LogP contribution in [0.5, 0.6) is 11.5 Å². The molecule has 1 aliphatic carbocycles. The van der Waals surface area contributed by atoms with E-state index < -0.39 is 11.4 Å². The molecule has 4 rings (SSSR count). The smallest absolute Gasteiger partial charge is 0.136 e. The molecule has 1 saturated heterocycles. The van der Waals surface area contributed by atoms with Crippen LogP contribution < -0.4 is 19.5 Å². The first-order chi connectivity index (χ1) is 14.8. The van der Waals surface area contributed by atoms with Gasteiger partial charge in [-0.15, -0.1) is 4.72 Å². The van der Waals surface area contributed by atoms with Gasteiger partial charge in [-0.05, 0) is 88.0 Å². The van der Waals surface area contributed by atoms with E-state index in [-0.39, 0.29) is 16.2 Å². The molecule has 5 nitrogen and oxygen atoms in total. The minimum atomic E-state index is -1.13. The van der Waals surface area contributed by atoms with Crippen molar-refractivity contribution in [3.8, 4) is 11.5 Å². The first kappa shape index (κ1) is 22.5. The SMILES string of the molecule is COc1ccc(COc2cccc3c2CC2(CCNCC2)[C@@H]3N[S+]([O-])C(C)(C)C)cc1. The Labute approximate surface area is 189 Å². The van der Waals surface area contributed by atoms with Crippen LogP contribution >= 0.6 is 0 Å². The van der Waals surface area contributed by atoms with Crippen molar-refractivity contribution in [2.75, 3.05) is 20.2 Å². The summed E-state index contributed by atoms with van der Waals surface area (Å²) in [6.45, 7) is 8.58. The van der Waals surface area contributed by atoms with E-state index in [1.807, 2.05) is 45.0 Å². The van der Waals surface area contributed by atoms with Gasteiger partial charge in [-0.25, -0.2) is 0 Å². The Bertz CT molecular complexity index is 889. The molecule has 168 valence electrons. The Hall–Kier alpha value is -1.73. The highest BCUT2D eigenvalue weighted by atomic mass is 32.2. The van der Waals surface area contributed by atoms with Crippen molar-refractivity contribution in [3.63, 3.8) is 0 Å². The molecule has 0 amide bonds. The van der Waals surface area contributed by atoms with Gasteiger partial charge in [0, 0.05) is 16.8 Å². The van der Waals surface area contributed by atoms with E-state index in [1.54, 1.807) is 7.11 Å². The summed E-state index contributed by atoms with van der Waals surface area (Å²) in [7, 11) is 1.67. The first-order valence-corrected chi connectivity index (χ1v) is 12.2. The Morgan fingerprint density at radius 2 is 1.84 bits per heavy atom. The molecule has 2 atom stereocenters. The number of ether oxygens (including phenoxy) is 2. The molecule has 2 aliphatic rings. The number of hydrogen-bond donors (Lipinski definition) is 2. The van der Waals surface area contributed by atoms with Gasteiger partial charge in [-0.1, -0.05) is 24.3 Å². The molecule has 1 fully saturated rings. The molecule has 31 heavy (non-hydrogen) atoms. The second-order valence-electron chi connectivity index (χ2n) is 9.68. The van der Waals surface area contributed by atoms with E-state index in [0.29, 0.717) is 6.61 Å². The normalized spacial score (nSPS) is 21.0. The third kappa shape index (κ3) is 4.72. The summed E-state index contributed by atoms with van der Waals surface area (Å²) in [5.41, 5.74) is 3.69. The molecule has 0 bridgehead atoms. The highest BCUT2D eigenvalue weighted by molar-refractivity contribution is 7.90. The Morgan fingerprint density at radius 3 is 2.48 bits per heavy atom. The predicted octanol–water partition coefficient (Wildman–Crippen LogP) is 4.29. The lowest BCUT2D eigenvalue weighted by Gasteiger charge is -2.40. The summed E-state index contributed by atoms with van der Waals surface area (Å²) in [4.78, 5) is 0. The summed E-state index contributed by atoms with van der Waals surface area (Å²) in [5.74, 6) is 1.79. The van der Waals surface area contributed by atoms with E-state index in [1.165, 1.54) is 11.1 Å². The molecule has 2 N–H and O–H groups in total. The third-order valence-electron chi connectivity index (χ3n) is 6.56. The highest BCUT2D eigenvalue weighted by Gasteiger charge is 2.50. The van der Waals surface area contributed by atoms with Crippen LogP contribution in [0.15, 0.2) is 42.5 Å². The van der Waals surface area contributed by atoms with Crippen LogP contribution in [0.3, 0.4) is 0 Å². The Kier molecular flexibility index (Phi) is 6.54.